The van der Waals surface area contributed by atoms with E-state index in [9.17, 15) is 13.2 Å². The van der Waals surface area contributed by atoms with Gasteiger partial charge in [-0.25, -0.2) is 3.63 Å². The maximum atomic E-state index is 12.4. The van der Waals surface area contributed by atoms with Gasteiger partial charge in [0.1, 0.15) is 5.78 Å². The summed E-state index contributed by atoms with van der Waals surface area (Å²) in [5.41, 5.74) is 0.978. The Hall–Kier alpha value is -0.890. The third kappa shape index (κ3) is 4.29. The molecule has 1 fully saturated rings. The molecule has 5 nitrogen and oxygen atoms in total. The maximum absolute atomic E-state index is 12.4. The predicted octanol–water partition coefficient (Wildman–Crippen LogP) is 2.04. The topological polar surface area (TPSA) is 69.7 Å². The van der Waals surface area contributed by atoms with Crippen LogP contribution < -0.4 is 0 Å². The van der Waals surface area contributed by atoms with Gasteiger partial charge in [0.2, 0.25) is 0 Å². The van der Waals surface area contributed by atoms with Crippen LogP contribution >= 0.6 is 10.3 Å². The molecule has 0 atom stereocenters. The van der Waals surface area contributed by atoms with E-state index >= 15 is 0 Å². The van der Waals surface area contributed by atoms with Gasteiger partial charge in [-0.1, -0.05) is 17.7 Å². The maximum Gasteiger partial charge on any atom is 0.306 e. The molecular formula is C14H20O5S2. The van der Waals surface area contributed by atoms with Gasteiger partial charge in [-0.2, -0.15) is 8.42 Å². The highest BCUT2D eigenvalue weighted by atomic mass is 32.3. The molecule has 1 aromatic rings. The number of ketones is 1. The van der Waals surface area contributed by atoms with Crippen molar-refractivity contribution in [2.75, 3.05) is 30.5 Å². The molecule has 2 rings (SSSR count). The number of carbonyl (C=O) groups is 1. The number of benzene rings is 1. The minimum atomic E-state index is -3.85. The molecule has 0 aliphatic carbocycles. The molecule has 0 bridgehead atoms. The average molecular weight is 332 g/mol. The van der Waals surface area contributed by atoms with Crippen molar-refractivity contribution in [1.29, 1.82) is 0 Å². The number of carbonyl (C=O) groups excluding carboxylic acids is 1. The number of aryl methyl sites for hydroxylation is 1. The lowest BCUT2D eigenvalue weighted by atomic mass is 10.2. The van der Waals surface area contributed by atoms with Crippen molar-refractivity contribution < 1.29 is 21.6 Å². The molecule has 0 spiro atoms. The monoisotopic (exact) mass is 332 g/mol. The van der Waals surface area contributed by atoms with E-state index in [0.717, 1.165) is 5.56 Å². The van der Waals surface area contributed by atoms with Crippen molar-refractivity contribution in [3.63, 3.8) is 0 Å². The van der Waals surface area contributed by atoms with Crippen molar-refractivity contribution in [2.24, 2.45) is 0 Å². The number of hydrogen-bond donors (Lipinski definition) is 0. The summed E-state index contributed by atoms with van der Waals surface area (Å²) >= 11 is 0. The molecule has 1 saturated heterocycles. The standard InChI is InChI=1S/C14H20O5S2/c1-12-3-5-14(6-4-12)21(16,17)19-20(11-13(2)15)9-7-18-8-10-20/h3-6H,7-11H2,1-2H3. The summed E-state index contributed by atoms with van der Waals surface area (Å²) < 4.78 is 35.7. The van der Waals surface area contributed by atoms with E-state index in [1.54, 1.807) is 12.1 Å². The molecule has 0 N–H and O–H groups in total. The van der Waals surface area contributed by atoms with Crippen molar-refractivity contribution in [2.45, 2.75) is 18.7 Å². The van der Waals surface area contributed by atoms with Crippen molar-refractivity contribution in [1.82, 2.24) is 0 Å². The summed E-state index contributed by atoms with van der Waals surface area (Å²) in [6.45, 7) is 4.22. The lowest BCUT2D eigenvalue weighted by Gasteiger charge is -2.40. The first-order valence-corrected chi connectivity index (χ1v) is 10.2. The fourth-order valence-electron chi connectivity index (χ4n) is 2.17. The molecule has 118 valence electrons. The largest absolute Gasteiger partial charge is 0.380 e. The summed E-state index contributed by atoms with van der Waals surface area (Å²) in [7, 11) is -5.83. The van der Waals surface area contributed by atoms with Crippen LogP contribution in [0.5, 0.6) is 0 Å². The first-order chi connectivity index (χ1) is 9.83. The minimum Gasteiger partial charge on any atom is -0.380 e. The normalized spacial score (nSPS) is 19.9. The summed E-state index contributed by atoms with van der Waals surface area (Å²) in [4.78, 5) is 11.6. The van der Waals surface area contributed by atoms with E-state index < -0.39 is 20.4 Å². The van der Waals surface area contributed by atoms with Gasteiger partial charge in [-0.15, -0.1) is 10.3 Å². The molecule has 1 aromatic carbocycles. The Morgan fingerprint density at radius 3 is 2.33 bits per heavy atom. The first-order valence-electron chi connectivity index (χ1n) is 6.69. The number of ether oxygens (including phenoxy) is 1. The average Bonchev–Trinajstić information content (AvgIpc) is 2.38. The van der Waals surface area contributed by atoms with Crippen LogP contribution in [0.3, 0.4) is 0 Å². The van der Waals surface area contributed by atoms with Crippen LogP contribution in [-0.4, -0.2) is 44.7 Å². The Bertz CT molecular complexity index is 601. The van der Waals surface area contributed by atoms with Gasteiger partial charge in [0, 0.05) is 11.5 Å². The van der Waals surface area contributed by atoms with Gasteiger partial charge in [0.15, 0.2) is 0 Å². The smallest absolute Gasteiger partial charge is 0.306 e. The second-order valence-electron chi connectivity index (χ2n) is 5.17. The van der Waals surface area contributed by atoms with Crippen molar-refractivity contribution >= 4 is 26.2 Å². The third-order valence-electron chi connectivity index (χ3n) is 3.21. The molecule has 0 aromatic heterocycles. The molecule has 0 unspecified atom stereocenters. The second kappa shape index (κ2) is 6.48. The van der Waals surface area contributed by atoms with Gasteiger partial charge in [0.05, 0.1) is 23.9 Å². The quantitative estimate of drug-likeness (QED) is 0.825. The molecule has 7 heteroatoms. The van der Waals surface area contributed by atoms with Gasteiger partial charge >= 0.3 is 10.1 Å². The third-order valence-corrected chi connectivity index (χ3v) is 8.68. The van der Waals surface area contributed by atoms with Gasteiger partial charge < -0.3 is 4.74 Å². The Labute approximate surface area is 127 Å². The SMILES string of the molecule is CC(=O)CS1(OS(=O)(=O)c2ccc(C)cc2)CCOCC1. The lowest BCUT2D eigenvalue weighted by Crippen LogP contribution is -2.31. The molecule has 0 amide bonds. The lowest BCUT2D eigenvalue weighted by molar-refractivity contribution is -0.114. The number of rotatable bonds is 5. The van der Waals surface area contributed by atoms with Crippen LogP contribution in [0.1, 0.15) is 12.5 Å². The number of Topliss-reactive ketones (excluding diaryl/α,β-unsaturated/α-hetero) is 1. The van der Waals surface area contributed by atoms with Crippen molar-refractivity contribution in [3.05, 3.63) is 29.8 Å². The van der Waals surface area contributed by atoms with Gasteiger partial charge in [-0.3, -0.25) is 4.79 Å². The zero-order valence-corrected chi connectivity index (χ0v) is 13.8. The highest BCUT2D eigenvalue weighted by Crippen LogP contribution is 2.52. The van der Waals surface area contributed by atoms with Gasteiger partial charge in [0.25, 0.3) is 0 Å². The van der Waals surface area contributed by atoms with Crippen LogP contribution in [0, 0.1) is 6.92 Å². The van der Waals surface area contributed by atoms with E-state index in [1.807, 2.05) is 6.92 Å². The molecule has 1 aliphatic rings. The van der Waals surface area contributed by atoms with Crippen LogP contribution in [-0.2, 0) is 23.3 Å². The summed E-state index contributed by atoms with van der Waals surface area (Å²) in [5, 5.41) is 0. The van der Waals surface area contributed by atoms with E-state index in [1.165, 1.54) is 19.1 Å². The minimum absolute atomic E-state index is 0.0500. The number of hydrogen-bond acceptors (Lipinski definition) is 5. The molecule has 21 heavy (non-hydrogen) atoms. The fraction of sp³-hybridized carbons (Fsp3) is 0.500. The predicted molar refractivity (Wildman–Crippen MR) is 83.1 cm³/mol. The fourth-order valence-corrected chi connectivity index (χ4v) is 7.28. The Morgan fingerprint density at radius 1 is 1.24 bits per heavy atom. The molecule has 0 radical (unpaired) electrons. The highest BCUT2D eigenvalue weighted by molar-refractivity contribution is 8.33. The Kier molecular flexibility index (Phi) is 5.08. The van der Waals surface area contributed by atoms with Gasteiger partial charge in [-0.05, 0) is 26.0 Å². The van der Waals surface area contributed by atoms with E-state index in [-0.39, 0.29) is 16.4 Å². The van der Waals surface area contributed by atoms with Crippen LogP contribution in [0.25, 0.3) is 0 Å². The highest BCUT2D eigenvalue weighted by Gasteiger charge is 2.35. The van der Waals surface area contributed by atoms with E-state index in [2.05, 4.69) is 0 Å². The van der Waals surface area contributed by atoms with E-state index in [0.29, 0.717) is 24.7 Å². The summed E-state index contributed by atoms with van der Waals surface area (Å²) in [5.74, 6) is 1.09. The first kappa shape index (κ1) is 16.5. The second-order valence-corrected chi connectivity index (χ2v) is 10.1. The summed E-state index contributed by atoms with van der Waals surface area (Å²) in [6, 6.07) is 6.52. The molecule has 0 saturated carbocycles. The summed E-state index contributed by atoms with van der Waals surface area (Å²) in [6.07, 6.45) is 0. The Balaban J connectivity index is 2.26. The van der Waals surface area contributed by atoms with Crippen LogP contribution in [0.2, 0.25) is 0 Å². The van der Waals surface area contributed by atoms with Crippen molar-refractivity contribution in [3.8, 4) is 0 Å². The van der Waals surface area contributed by atoms with E-state index in [4.69, 9.17) is 8.37 Å². The molecular weight excluding hydrogens is 312 g/mol. The van der Waals surface area contributed by atoms with Crippen LogP contribution in [0.15, 0.2) is 29.2 Å². The zero-order valence-electron chi connectivity index (χ0n) is 12.2. The molecule has 1 heterocycles. The van der Waals surface area contributed by atoms with Crippen LogP contribution in [0.4, 0.5) is 0 Å². The Morgan fingerprint density at radius 2 is 1.81 bits per heavy atom. The molecule has 1 aliphatic heterocycles. The zero-order chi connectivity index (χ0) is 15.5.